The lowest BCUT2D eigenvalue weighted by Crippen LogP contribution is -2.39. The molecule has 2 aromatic rings. The van der Waals surface area contributed by atoms with E-state index in [9.17, 15) is 28.0 Å². The van der Waals surface area contributed by atoms with Gasteiger partial charge in [0.2, 0.25) is 5.91 Å². The Bertz CT molecular complexity index is 1190. The Balaban J connectivity index is 0.000000677. The largest absolute Gasteiger partial charge is 0.480 e. The van der Waals surface area contributed by atoms with Gasteiger partial charge in [0.15, 0.2) is 0 Å². The molecule has 13 heteroatoms. The molecule has 0 heterocycles. The zero-order valence-electron chi connectivity index (χ0n) is 26.0. The second-order valence-corrected chi connectivity index (χ2v) is 11.4. The number of ether oxygens (including phenoxy) is 2. The van der Waals surface area contributed by atoms with E-state index >= 15 is 0 Å². The van der Waals surface area contributed by atoms with Crippen LogP contribution in [-0.2, 0) is 32.2 Å². The van der Waals surface area contributed by atoms with Gasteiger partial charge >= 0.3 is 18.2 Å². The molecule has 0 unspecified atom stereocenters. The van der Waals surface area contributed by atoms with Crippen molar-refractivity contribution in [3.8, 4) is 0 Å². The highest BCUT2D eigenvalue weighted by atomic mass is 19.1. The summed E-state index contributed by atoms with van der Waals surface area (Å²) in [5, 5.41) is 15.2. The highest BCUT2D eigenvalue weighted by Crippen LogP contribution is 2.09. The number of nitrogens with one attached hydrogen (secondary N) is 3. The summed E-state index contributed by atoms with van der Waals surface area (Å²) in [7, 11) is 0. The molecule has 6 N–H and O–H groups in total. The van der Waals surface area contributed by atoms with E-state index in [1.807, 2.05) is 13.0 Å². The van der Waals surface area contributed by atoms with Gasteiger partial charge in [-0.2, -0.15) is 0 Å². The SMILES string of the molecule is CC(C)(C)OC(=O)NCC(=O)O.Cc1cc(F)cc(CN)c1.Cc1cc(F)cc(CNC(=O)CNC(=O)OC(C)(C)C)c1. The molecule has 0 saturated heterocycles. The van der Waals surface area contributed by atoms with Crippen molar-refractivity contribution in [1.82, 2.24) is 16.0 Å². The van der Waals surface area contributed by atoms with E-state index in [0.717, 1.165) is 16.7 Å². The van der Waals surface area contributed by atoms with Gasteiger partial charge in [-0.3, -0.25) is 9.59 Å². The average Bonchev–Trinajstić information content (AvgIpc) is 2.82. The van der Waals surface area contributed by atoms with Gasteiger partial charge in [0.25, 0.3) is 0 Å². The molecule has 2 aromatic carbocycles. The van der Waals surface area contributed by atoms with Crippen LogP contribution in [0, 0.1) is 25.5 Å². The summed E-state index contributed by atoms with van der Waals surface area (Å²) in [6.07, 6.45) is -1.37. The van der Waals surface area contributed by atoms with Crippen molar-refractivity contribution in [1.29, 1.82) is 0 Å². The number of nitrogens with two attached hydrogens (primary N) is 1. The zero-order chi connectivity index (χ0) is 33.4. The maximum absolute atomic E-state index is 13.2. The van der Waals surface area contributed by atoms with E-state index in [4.69, 9.17) is 20.3 Å². The minimum atomic E-state index is -1.10. The Hall–Kier alpha value is -4.26. The van der Waals surface area contributed by atoms with E-state index in [1.54, 1.807) is 54.5 Å². The van der Waals surface area contributed by atoms with Crippen LogP contribution in [0.5, 0.6) is 0 Å². The number of hydrogen-bond donors (Lipinski definition) is 5. The van der Waals surface area contributed by atoms with Gasteiger partial charge in [0.1, 0.15) is 35.9 Å². The Morgan fingerprint density at radius 1 is 0.721 bits per heavy atom. The number of carboxylic acids is 1. The predicted octanol–water partition coefficient (Wildman–Crippen LogP) is 4.46. The summed E-state index contributed by atoms with van der Waals surface area (Å²) in [5.74, 6) is -2.02. The molecule has 0 spiro atoms. The third kappa shape index (κ3) is 22.1. The Morgan fingerprint density at radius 2 is 1.14 bits per heavy atom. The molecule has 0 saturated carbocycles. The number of carboxylic acid groups (broad SMARTS) is 1. The minimum Gasteiger partial charge on any atom is -0.480 e. The van der Waals surface area contributed by atoms with Gasteiger partial charge in [-0.05, 0) is 102 Å². The highest BCUT2D eigenvalue weighted by Gasteiger charge is 2.17. The van der Waals surface area contributed by atoms with Crippen molar-refractivity contribution >= 4 is 24.1 Å². The highest BCUT2D eigenvalue weighted by molar-refractivity contribution is 5.82. The molecule has 0 bridgehead atoms. The predicted molar refractivity (Wildman–Crippen MR) is 158 cm³/mol. The van der Waals surface area contributed by atoms with Crippen LogP contribution in [-0.4, -0.2) is 53.5 Å². The molecule has 0 radical (unpaired) electrons. The van der Waals surface area contributed by atoms with Crippen molar-refractivity contribution in [2.45, 2.75) is 79.7 Å². The number of carbonyl (C=O) groups is 4. The Labute approximate surface area is 251 Å². The van der Waals surface area contributed by atoms with Crippen molar-refractivity contribution in [3.05, 3.63) is 70.3 Å². The monoisotopic (exact) mass is 610 g/mol. The fraction of sp³-hybridized carbons (Fsp3) is 0.467. The molecular weight excluding hydrogens is 566 g/mol. The van der Waals surface area contributed by atoms with E-state index < -0.39 is 35.9 Å². The van der Waals surface area contributed by atoms with Crippen LogP contribution in [0.25, 0.3) is 0 Å². The van der Waals surface area contributed by atoms with Crippen LogP contribution in [0.3, 0.4) is 0 Å². The third-order valence-electron chi connectivity index (χ3n) is 4.50. The van der Waals surface area contributed by atoms with Crippen LogP contribution < -0.4 is 21.7 Å². The first-order valence-corrected chi connectivity index (χ1v) is 13.3. The van der Waals surface area contributed by atoms with E-state index in [1.165, 1.54) is 24.3 Å². The normalized spacial score (nSPS) is 10.6. The molecular formula is C30H44F2N4O7. The molecule has 240 valence electrons. The lowest BCUT2D eigenvalue weighted by Gasteiger charge is -2.19. The first kappa shape index (κ1) is 38.7. The minimum absolute atomic E-state index is 0.191. The number of aryl methyl sites for hydroxylation is 2. The second-order valence-electron chi connectivity index (χ2n) is 11.4. The van der Waals surface area contributed by atoms with Crippen LogP contribution >= 0.6 is 0 Å². The first-order chi connectivity index (χ1) is 19.7. The van der Waals surface area contributed by atoms with Crippen molar-refractivity contribution in [2.75, 3.05) is 13.1 Å². The quantitative estimate of drug-likeness (QED) is 0.306. The van der Waals surface area contributed by atoms with E-state index in [-0.39, 0.29) is 30.6 Å². The number of benzene rings is 2. The lowest BCUT2D eigenvalue weighted by atomic mass is 10.1. The van der Waals surface area contributed by atoms with E-state index in [2.05, 4.69) is 16.0 Å². The van der Waals surface area contributed by atoms with Crippen LogP contribution in [0.1, 0.15) is 63.8 Å². The van der Waals surface area contributed by atoms with Gasteiger partial charge in [-0.25, -0.2) is 18.4 Å². The van der Waals surface area contributed by atoms with Crippen molar-refractivity contribution in [2.24, 2.45) is 5.73 Å². The van der Waals surface area contributed by atoms with Crippen molar-refractivity contribution < 1.29 is 42.5 Å². The maximum Gasteiger partial charge on any atom is 0.408 e. The second kappa shape index (κ2) is 18.3. The lowest BCUT2D eigenvalue weighted by molar-refractivity contribution is -0.136. The number of carbonyl (C=O) groups excluding carboxylic acids is 3. The molecule has 0 aliphatic carbocycles. The summed E-state index contributed by atoms with van der Waals surface area (Å²) >= 11 is 0. The molecule has 0 aliphatic rings. The van der Waals surface area contributed by atoms with Crippen LogP contribution in [0.15, 0.2) is 36.4 Å². The molecule has 0 aromatic heterocycles. The van der Waals surface area contributed by atoms with E-state index in [0.29, 0.717) is 12.1 Å². The number of hydrogen-bond acceptors (Lipinski definition) is 7. The number of aliphatic carboxylic acids is 1. The number of amides is 3. The first-order valence-electron chi connectivity index (χ1n) is 13.3. The number of alkyl carbamates (subject to hydrolysis) is 2. The van der Waals surface area contributed by atoms with Gasteiger partial charge < -0.3 is 36.3 Å². The van der Waals surface area contributed by atoms with Gasteiger partial charge in [0.05, 0.1) is 0 Å². The maximum atomic E-state index is 13.2. The van der Waals surface area contributed by atoms with Gasteiger partial charge in [0, 0.05) is 13.1 Å². The average molecular weight is 611 g/mol. The smallest absolute Gasteiger partial charge is 0.408 e. The standard InChI is InChI=1S/C15H21FN2O3.C8H10FN.C7H13NO4/c1-10-5-11(7-12(16)6-10)8-17-13(19)9-18-14(20)21-15(2,3)4;1-6-2-7(5-10)4-8(9)3-6;1-7(2,3)12-6(11)8-4-5(9)10/h5-7H,8-9H2,1-4H3,(H,17,19)(H,18,20);2-4H,5,10H2,1H3;4H2,1-3H3,(H,8,11)(H,9,10). The van der Waals surface area contributed by atoms with Gasteiger partial charge in [-0.1, -0.05) is 12.1 Å². The van der Waals surface area contributed by atoms with Crippen molar-refractivity contribution in [3.63, 3.8) is 0 Å². The third-order valence-corrected chi connectivity index (χ3v) is 4.50. The summed E-state index contributed by atoms with van der Waals surface area (Å²) in [6.45, 7) is 13.9. The molecule has 0 aliphatic heterocycles. The summed E-state index contributed by atoms with van der Waals surface area (Å²) in [5.41, 5.74) is 7.33. The molecule has 0 fully saturated rings. The summed E-state index contributed by atoms with van der Waals surface area (Å²) in [6, 6.07) is 9.36. The Morgan fingerprint density at radius 3 is 1.53 bits per heavy atom. The Kier molecular flexibility index (Phi) is 16.5. The number of rotatable bonds is 7. The molecule has 0 atom stereocenters. The molecule has 11 nitrogen and oxygen atoms in total. The fourth-order valence-corrected chi connectivity index (χ4v) is 3.04. The topological polar surface area (TPSA) is 169 Å². The number of halogens is 2. The molecule has 2 rings (SSSR count). The fourth-order valence-electron chi connectivity index (χ4n) is 3.04. The van der Waals surface area contributed by atoms with Gasteiger partial charge in [-0.15, -0.1) is 0 Å². The summed E-state index contributed by atoms with van der Waals surface area (Å²) in [4.78, 5) is 43.7. The van der Waals surface area contributed by atoms with Crippen LogP contribution in [0.4, 0.5) is 18.4 Å². The molecule has 3 amide bonds. The zero-order valence-corrected chi connectivity index (χ0v) is 26.0. The summed E-state index contributed by atoms with van der Waals surface area (Å²) < 4.78 is 35.5. The van der Waals surface area contributed by atoms with Crippen LogP contribution in [0.2, 0.25) is 0 Å². The molecule has 43 heavy (non-hydrogen) atoms.